The van der Waals surface area contributed by atoms with Gasteiger partial charge < -0.3 is 19.6 Å². The van der Waals surface area contributed by atoms with Crippen LogP contribution >= 0.6 is 15.6 Å². The topological polar surface area (TPSA) is 134 Å². The first-order valence-electron chi connectivity index (χ1n) is 6.11. The molecule has 19 heavy (non-hydrogen) atoms. The number of rotatable bonds is 12. The van der Waals surface area contributed by atoms with Crippen molar-refractivity contribution in [2.45, 2.75) is 44.9 Å². The molecule has 0 bridgehead atoms. The fourth-order valence-electron chi connectivity index (χ4n) is 1.45. The summed E-state index contributed by atoms with van der Waals surface area (Å²) in [5, 5.41) is 0. The summed E-state index contributed by atoms with van der Waals surface area (Å²) < 4.78 is 29.3. The maximum Gasteiger partial charge on any atom is 0.469 e. The minimum absolute atomic E-state index is 0.0560. The van der Waals surface area contributed by atoms with E-state index in [-0.39, 0.29) is 13.2 Å². The maximum atomic E-state index is 10.3. The zero-order valence-corrected chi connectivity index (χ0v) is 12.5. The molecule has 10 heteroatoms. The summed E-state index contributed by atoms with van der Waals surface area (Å²) in [5.41, 5.74) is 0. The molecule has 0 aromatic heterocycles. The molecule has 116 valence electrons. The second kappa shape index (κ2) is 10.0. The van der Waals surface area contributed by atoms with Gasteiger partial charge in [-0.1, -0.05) is 32.1 Å². The fraction of sp³-hybridized carbons (Fsp3) is 1.00. The summed E-state index contributed by atoms with van der Waals surface area (Å²) in [7, 11) is -8.66. The molecule has 0 aliphatic rings. The first kappa shape index (κ1) is 19.2. The highest BCUT2D eigenvalue weighted by Gasteiger charge is 2.13. The predicted molar refractivity (Wildman–Crippen MR) is 68.3 cm³/mol. The van der Waals surface area contributed by atoms with Crippen LogP contribution in [0.5, 0.6) is 0 Å². The van der Waals surface area contributed by atoms with E-state index in [1.54, 1.807) is 0 Å². The van der Waals surface area contributed by atoms with E-state index in [2.05, 4.69) is 9.05 Å². The highest BCUT2D eigenvalue weighted by atomic mass is 31.2. The minimum Gasteiger partial charge on any atom is -0.303 e. The summed E-state index contributed by atoms with van der Waals surface area (Å²) in [5.74, 6) is 0. The van der Waals surface area contributed by atoms with Crippen molar-refractivity contribution < 1.29 is 37.8 Å². The molecular weight excluding hydrogens is 298 g/mol. The molecule has 0 saturated heterocycles. The average molecular weight is 320 g/mol. The van der Waals surface area contributed by atoms with Gasteiger partial charge in [0.2, 0.25) is 0 Å². The van der Waals surface area contributed by atoms with Crippen LogP contribution < -0.4 is 0 Å². The molecule has 0 aromatic carbocycles. The third-order valence-electron chi connectivity index (χ3n) is 2.31. The lowest BCUT2D eigenvalue weighted by Crippen LogP contribution is -1.93. The van der Waals surface area contributed by atoms with Crippen molar-refractivity contribution in [1.82, 2.24) is 0 Å². The largest absolute Gasteiger partial charge is 0.469 e. The molecule has 4 N–H and O–H groups in total. The number of phosphoric acid groups is 2. The van der Waals surface area contributed by atoms with Crippen LogP contribution in [0.2, 0.25) is 0 Å². The number of hydrogen-bond acceptors (Lipinski definition) is 4. The van der Waals surface area contributed by atoms with E-state index in [1.807, 2.05) is 0 Å². The van der Waals surface area contributed by atoms with E-state index in [0.717, 1.165) is 32.1 Å². The third-order valence-corrected chi connectivity index (χ3v) is 3.35. The molecule has 0 spiro atoms. The molecule has 0 aliphatic carbocycles. The highest BCUT2D eigenvalue weighted by Crippen LogP contribution is 2.36. The molecule has 0 saturated carbocycles. The van der Waals surface area contributed by atoms with Crippen molar-refractivity contribution >= 4 is 15.6 Å². The quantitative estimate of drug-likeness (QED) is 0.316. The minimum atomic E-state index is -4.33. The second-order valence-corrected chi connectivity index (χ2v) is 6.60. The third kappa shape index (κ3) is 18.2. The molecule has 0 amide bonds. The molecule has 0 atom stereocenters. The van der Waals surface area contributed by atoms with Gasteiger partial charge in [-0.3, -0.25) is 9.05 Å². The monoisotopic (exact) mass is 320 g/mol. The molecule has 0 fully saturated rings. The Morgan fingerprint density at radius 3 is 1.11 bits per heavy atom. The van der Waals surface area contributed by atoms with E-state index < -0.39 is 15.6 Å². The van der Waals surface area contributed by atoms with Crippen LogP contribution in [0.4, 0.5) is 0 Å². The van der Waals surface area contributed by atoms with Gasteiger partial charge in [-0.2, -0.15) is 0 Å². The van der Waals surface area contributed by atoms with E-state index >= 15 is 0 Å². The molecule has 0 unspecified atom stereocenters. The smallest absolute Gasteiger partial charge is 0.303 e. The Balaban J connectivity index is 3.16. The standard InChI is InChI=1S/C9H22O8P2/c10-18(11,12)16-8-6-4-2-1-3-5-7-9-17-19(13,14)15/h1-9H2,(H2,10,11,12)(H2,13,14,15). The van der Waals surface area contributed by atoms with Crippen LogP contribution in [0.15, 0.2) is 0 Å². The fourth-order valence-corrected chi connectivity index (χ4v) is 2.19. The van der Waals surface area contributed by atoms with Crippen LogP contribution in [0.3, 0.4) is 0 Å². The molecule has 8 nitrogen and oxygen atoms in total. The highest BCUT2D eigenvalue weighted by molar-refractivity contribution is 7.46. The van der Waals surface area contributed by atoms with Crippen molar-refractivity contribution in [1.29, 1.82) is 0 Å². The van der Waals surface area contributed by atoms with Crippen LogP contribution in [-0.4, -0.2) is 32.8 Å². The number of phosphoric ester groups is 2. The summed E-state index contributed by atoms with van der Waals surface area (Å²) in [6, 6.07) is 0. The second-order valence-electron chi connectivity index (χ2n) is 4.12. The average Bonchev–Trinajstić information content (AvgIpc) is 2.22. The molecule has 0 aliphatic heterocycles. The maximum absolute atomic E-state index is 10.3. The molecule has 0 rings (SSSR count). The molecule has 0 heterocycles. The zero-order valence-electron chi connectivity index (χ0n) is 10.7. The Hall–Kier alpha value is 0.220. The summed E-state index contributed by atoms with van der Waals surface area (Å²) in [6.07, 6.45) is 5.70. The summed E-state index contributed by atoms with van der Waals surface area (Å²) in [6.45, 7) is 0.112. The normalized spacial score (nSPS) is 12.8. The van der Waals surface area contributed by atoms with Crippen LogP contribution in [0.1, 0.15) is 44.9 Å². The lowest BCUT2D eigenvalue weighted by atomic mass is 10.1. The Kier molecular flexibility index (Phi) is 10.1. The van der Waals surface area contributed by atoms with Crippen LogP contribution in [-0.2, 0) is 18.2 Å². The van der Waals surface area contributed by atoms with Gasteiger partial charge in [0.05, 0.1) is 13.2 Å². The predicted octanol–water partition coefficient (Wildman–Crippen LogP) is 1.94. The Morgan fingerprint density at radius 2 is 0.842 bits per heavy atom. The lowest BCUT2D eigenvalue weighted by molar-refractivity contribution is 0.193. The van der Waals surface area contributed by atoms with Gasteiger partial charge >= 0.3 is 15.6 Å². The van der Waals surface area contributed by atoms with E-state index in [0.29, 0.717) is 12.8 Å². The number of unbranched alkanes of at least 4 members (excludes halogenated alkanes) is 6. The Bertz CT molecular complexity index is 279. The molecular formula is C9H22O8P2. The van der Waals surface area contributed by atoms with Gasteiger partial charge in [-0.25, -0.2) is 9.13 Å². The SMILES string of the molecule is O=P(O)(O)OCCCCCCCCCOP(=O)(O)O. The van der Waals surface area contributed by atoms with E-state index in [4.69, 9.17) is 19.6 Å². The van der Waals surface area contributed by atoms with Crippen molar-refractivity contribution in [2.24, 2.45) is 0 Å². The Labute approximate surface area is 112 Å². The van der Waals surface area contributed by atoms with Crippen LogP contribution in [0, 0.1) is 0 Å². The summed E-state index contributed by atoms with van der Waals surface area (Å²) >= 11 is 0. The first-order valence-corrected chi connectivity index (χ1v) is 9.17. The Morgan fingerprint density at radius 1 is 0.579 bits per heavy atom. The lowest BCUT2D eigenvalue weighted by Gasteiger charge is -2.05. The zero-order chi connectivity index (χ0) is 14.8. The van der Waals surface area contributed by atoms with Crippen molar-refractivity contribution in [3.63, 3.8) is 0 Å². The molecule has 0 aromatic rings. The van der Waals surface area contributed by atoms with Crippen molar-refractivity contribution in [3.05, 3.63) is 0 Å². The van der Waals surface area contributed by atoms with Gasteiger partial charge in [-0.15, -0.1) is 0 Å². The van der Waals surface area contributed by atoms with E-state index in [1.165, 1.54) is 0 Å². The van der Waals surface area contributed by atoms with Gasteiger partial charge in [-0.05, 0) is 12.8 Å². The van der Waals surface area contributed by atoms with Crippen molar-refractivity contribution in [3.8, 4) is 0 Å². The van der Waals surface area contributed by atoms with Crippen molar-refractivity contribution in [2.75, 3.05) is 13.2 Å². The van der Waals surface area contributed by atoms with E-state index in [9.17, 15) is 9.13 Å². The van der Waals surface area contributed by atoms with Gasteiger partial charge in [0.25, 0.3) is 0 Å². The number of hydrogen-bond donors (Lipinski definition) is 4. The van der Waals surface area contributed by atoms with Gasteiger partial charge in [0.1, 0.15) is 0 Å². The van der Waals surface area contributed by atoms with Gasteiger partial charge in [0, 0.05) is 0 Å². The van der Waals surface area contributed by atoms with Crippen LogP contribution in [0.25, 0.3) is 0 Å². The first-order chi connectivity index (χ1) is 8.71. The molecule has 0 radical (unpaired) electrons. The summed E-state index contributed by atoms with van der Waals surface area (Å²) in [4.78, 5) is 33.7. The van der Waals surface area contributed by atoms with Gasteiger partial charge in [0.15, 0.2) is 0 Å².